The molecule has 0 N–H and O–H groups in total. The van der Waals surface area contributed by atoms with Gasteiger partial charge in [0.15, 0.2) is 11.6 Å². The highest BCUT2D eigenvalue weighted by Crippen LogP contribution is 2.28. The minimum absolute atomic E-state index is 0.0661. The number of halogens is 2. The van der Waals surface area contributed by atoms with Gasteiger partial charge in [0.25, 0.3) is 0 Å². The van der Waals surface area contributed by atoms with Crippen molar-refractivity contribution in [2.24, 2.45) is 0 Å². The van der Waals surface area contributed by atoms with E-state index in [1.807, 2.05) is 0 Å². The number of nitro benzene ring substituents is 1. The summed E-state index contributed by atoms with van der Waals surface area (Å²) in [6.45, 7) is -3.13. The third-order valence-electron chi connectivity index (χ3n) is 2.60. The van der Waals surface area contributed by atoms with Gasteiger partial charge >= 0.3 is 12.2 Å². The number of hydrogen-bond donors (Lipinski definition) is 0. The first-order chi connectivity index (χ1) is 10.0. The van der Waals surface area contributed by atoms with Gasteiger partial charge in [0, 0.05) is 18.5 Å². The molecule has 2 rings (SSSR count). The summed E-state index contributed by atoms with van der Waals surface area (Å²) in [5.41, 5.74) is -0.313. The van der Waals surface area contributed by atoms with Crippen LogP contribution >= 0.6 is 0 Å². The summed E-state index contributed by atoms with van der Waals surface area (Å²) in [7, 11) is 0. The van der Waals surface area contributed by atoms with Crippen LogP contribution in [-0.4, -0.2) is 14.5 Å². The van der Waals surface area contributed by atoms with Crippen LogP contribution in [0.3, 0.4) is 0 Å². The van der Waals surface area contributed by atoms with E-state index in [0.29, 0.717) is 4.57 Å². The average Bonchev–Trinajstić information content (AvgIpc) is 2.93. The van der Waals surface area contributed by atoms with Crippen molar-refractivity contribution in [2.75, 3.05) is 0 Å². The van der Waals surface area contributed by atoms with Crippen molar-refractivity contribution in [3.63, 3.8) is 0 Å². The van der Waals surface area contributed by atoms with Crippen LogP contribution in [0.25, 0.3) is 0 Å². The molecule has 2 aromatic rings. The number of imidazole rings is 1. The van der Waals surface area contributed by atoms with Gasteiger partial charge < -0.3 is 4.74 Å². The molecule has 108 valence electrons. The van der Waals surface area contributed by atoms with Gasteiger partial charge in [-0.25, -0.2) is 4.98 Å². The van der Waals surface area contributed by atoms with Gasteiger partial charge in [0.2, 0.25) is 0 Å². The van der Waals surface area contributed by atoms with Crippen molar-refractivity contribution in [2.45, 2.75) is 13.2 Å². The summed E-state index contributed by atoms with van der Waals surface area (Å²) in [6, 6.07) is 5.40. The molecule has 0 aliphatic carbocycles. The lowest BCUT2D eigenvalue weighted by Gasteiger charge is -2.08. The molecule has 1 aromatic heterocycles. The van der Waals surface area contributed by atoms with E-state index < -0.39 is 17.2 Å². The fraction of sp³-hybridized carbons (Fsp3) is 0.167. The third-order valence-corrected chi connectivity index (χ3v) is 2.60. The predicted molar refractivity (Wildman–Crippen MR) is 65.6 cm³/mol. The number of rotatable bonds is 5. The number of aromatic nitrogens is 2. The Balaban J connectivity index is 2.22. The molecule has 0 aliphatic heterocycles. The molecule has 0 saturated heterocycles. The van der Waals surface area contributed by atoms with E-state index in [1.54, 1.807) is 6.07 Å². The second kappa shape index (κ2) is 5.96. The molecule has 21 heavy (non-hydrogen) atoms. The van der Waals surface area contributed by atoms with Gasteiger partial charge in [-0.1, -0.05) is 0 Å². The van der Waals surface area contributed by atoms with Crippen LogP contribution in [0.1, 0.15) is 17.9 Å². The van der Waals surface area contributed by atoms with E-state index in [1.165, 1.54) is 18.3 Å². The summed E-state index contributed by atoms with van der Waals surface area (Å²) in [5.74, 6) is -0.188. The summed E-state index contributed by atoms with van der Waals surface area (Å²) in [6.07, 6.45) is 2.26. The SMILES string of the molecule is N#Cc1ccc(OCc2nccn2C(F)F)c([N+](=O)[O-])c1. The molecule has 0 radical (unpaired) electrons. The van der Waals surface area contributed by atoms with Crippen molar-refractivity contribution < 1.29 is 18.4 Å². The standard InChI is InChI=1S/C12H8F2N4O3/c13-12(14)17-4-3-16-11(17)7-21-10-2-1-8(6-15)5-9(10)18(19)20/h1-5,12H,7H2. The zero-order valence-electron chi connectivity index (χ0n) is 10.4. The molecule has 1 aromatic carbocycles. The molecule has 0 bridgehead atoms. The number of nitrogens with zero attached hydrogens (tertiary/aromatic N) is 4. The van der Waals surface area contributed by atoms with Crippen LogP contribution in [0.2, 0.25) is 0 Å². The number of alkyl halides is 2. The zero-order chi connectivity index (χ0) is 15.4. The minimum Gasteiger partial charge on any atom is -0.479 e. The van der Waals surface area contributed by atoms with Crippen molar-refractivity contribution in [3.05, 3.63) is 52.1 Å². The van der Waals surface area contributed by atoms with Crippen molar-refractivity contribution in [3.8, 4) is 11.8 Å². The largest absolute Gasteiger partial charge is 0.479 e. The highest BCUT2D eigenvalue weighted by Gasteiger charge is 2.18. The van der Waals surface area contributed by atoms with Crippen LogP contribution in [0.5, 0.6) is 5.75 Å². The zero-order valence-corrected chi connectivity index (χ0v) is 10.4. The van der Waals surface area contributed by atoms with Crippen LogP contribution in [-0.2, 0) is 6.61 Å². The maximum atomic E-state index is 12.6. The fourth-order valence-electron chi connectivity index (χ4n) is 1.63. The number of ether oxygens (including phenoxy) is 1. The lowest BCUT2D eigenvalue weighted by molar-refractivity contribution is -0.386. The Kier molecular flexibility index (Phi) is 4.08. The van der Waals surface area contributed by atoms with Crippen LogP contribution in [0, 0.1) is 21.4 Å². The van der Waals surface area contributed by atoms with Crippen molar-refractivity contribution in [1.82, 2.24) is 9.55 Å². The summed E-state index contributed by atoms with van der Waals surface area (Å²) < 4.78 is 31.0. The average molecular weight is 294 g/mol. The summed E-state index contributed by atoms with van der Waals surface area (Å²) in [4.78, 5) is 13.9. The number of nitriles is 1. The van der Waals surface area contributed by atoms with Crippen molar-refractivity contribution in [1.29, 1.82) is 5.26 Å². The fourth-order valence-corrected chi connectivity index (χ4v) is 1.63. The van der Waals surface area contributed by atoms with Gasteiger partial charge in [0.1, 0.15) is 6.61 Å². The van der Waals surface area contributed by atoms with Crippen molar-refractivity contribution >= 4 is 5.69 Å². The molecule has 0 fully saturated rings. The van der Waals surface area contributed by atoms with E-state index >= 15 is 0 Å². The van der Waals surface area contributed by atoms with E-state index in [9.17, 15) is 18.9 Å². The van der Waals surface area contributed by atoms with Gasteiger partial charge in [-0.15, -0.1) is 0 Å². The van der Waals surface area contributed by atoms with Gasteiger partial charge in [-0.2, -0.15) is 14.0 Å². The molecule has 1 heterocycles. The number of hydrogen-bond acceptors (Lipinski definition) is 5. The first-order valence-corrected chi connectivity index (χ1v) is 5.64. The molecule has 9 heteroatoms. The second-order valence-corrected chi connectivity index (χ2v) is 3.87. The van der Waals surface area contributed by atoms with E-state index in [4.69, 9.17) is 10.00 Å². The smallest absolute Gasteiger partial charge is 0.320 e. The Labute approximate surface area is 117 Å². The van der Waals surface area contributed by atoms with E-state index in [0.717, 1.165) is 12.3 Å². The molecule has 7 nitrogen and oxygen atoms in total. The summed E-state index contributed by atoms with van der Waals surface area (Å²) >= 11 is 0. The molecule has 0 amide bonds. The van der Waals surface area contributed by atoms with Crippen LogP contribution < -0.4 is 4.74 Å². The second-order valence-electron chi connectivity index (χ2n) is 3.87. The lowest BCUT2D eigenvalue weighted by atomic mass is 10.2. The molecule has 0 saturated carbocycles. The predicted octanol–water partition coefficient (Wildman–Crippen LogP) is 2.64. The maximum absolute atomic E-state index is 12.6. The monoisotopic (exact) mass is 294 g/mol. The number of benzene rings is 1. The number of nitro groups is 1. The van der Waals surface area contributed by atoms with Gasteiger partial charge in [0.05, 0.1) is 16.6 Å². The molecule has 0 spiro atoms. The Bertz CT molecular complexity index is 709. The summed E-state index contributed by atoms with van der Waals surface area (Å²) in [5, 5.41) is 19.6. The molecule has 0 aliphatic rings. The van der Waals surface area contributed by atoms with E-state index in [-0.39, 0.29) is 23.7 Å². The minimum atomic E-state index is -2.78. The Morgan fingerprint density at radius 1 is 1.52 bits per heavy atom. The van der Waals surface area contributed by atoms with Gasteiger partial charge in [-0.3, -0.25) is 14.7 Å². The first kappa shape index (κ1) is 14.4. The lowest BCUT2D eigenvalue weighted by Crippen LogP contribution is -2.08. The Morgan fingerprint density at radius 2 is 2.29 bits per heavy atom. The molecular weight excluding hydrogens is 286 g/mol. The van der Waals surface area contributed by atoms with Crippen LogP contribution in [0.15, 0.2) is 30.6 Å². The Hall–Kier alpha value is -3.02. The van der Waals surface area contributed by atoms with Crippen LogP contribution in [0.4, 0.5) is 14.5 Å². The Morgan fingerprint density at radius 3 is 2.90 bits per heavy atom. The highest BCUT2D eigenvalue weighted by atomic mass is 19.3. The first-order valence-electron chi connectivity index (χ1n) is 5.64. The van der Waals surface area contributed by atoms with Gasteiger partial charge in [-0.05, 0) is 12.1 Å². The molecular formula is C12H8F2N4O3. The topological polar surface area (TPSA) is 94.0 Å². The highest BCUT2D eigenvalue weighted by molar-refractivity contribution is 5.51. The normalized spacial score (nSPS) is 10.4. The molecule has 0 unspecified atom stereocenters. The van der Waals surface area contributed by atoms with E-state index in [2.05, 4.69) is 4.98 Å². The maximum Gasteiger partial charge on any atom is 0.320 e. The third kappa shape index (κ3) is 3.11. The molecule has 0 atom stereocenters. The quantitative estimate of drug-likeness (QED) is 0.624.